The minimum Gasteiger partial charge on any atom is -0.446 e. The largest absolute Gasteiger partial charge is 0.446 e. The van der Waals surface area contributed by atoms with Crippen molar-refractivity contribution in [3.05, 3.63) is 11.6 Å². The predicted molar refractivity (Wildman–Crippen MR) is 184 cm³/mol. The average molecular weight is 632 g/mol. The monoisotopic (exact) mass is 632 g/mol. The second-order valence-electron chi connectivity index (χ2n) is 16.3. The van der Waals surface area contributed by atoms with Crippen LogP contribution in [0.4, 0.5) is 4.79 Å². The molecule has 0 aromatic rings. The number of amides is 1. The van der Waals surface area contributed by atoms with Gasteiger partial charge in [-0.2, -0.15) is 0 Å². The van der Waals surface area contributed by atoms with Crippen molar-refractivity contribution in [1.82, 2.24) is 15.5 Å². The highest BCUT2D eigenvalue weighted by atomic mass is 16.6. The second kappa shape index (κ2) is 15.8. The molecule has 0 bridgehead atoms. The number of carbonyl (C=O) groups is 1. The molecule has 9 unspecified atom stereocenters. The smallest absolute Gasteiger partial charge is 0.411 e. The zero-order valence-electron chi connectivity index (χ0n) is 29.5. The first-order chi connectivity index (χ1) is 21.3. The lowest BCUT2D eigenvalue weighted by molar-refractivity contribution is -0.0599. The number of carbonyl (C=O) groups excluding carboxylic acids is 1. The van der Waals surface area contributed by atoms with Gasteiger partial charge in [-0.25, -0.2) is 4.79 Å². The van der Waals surface area contributed by atoms with E-state index in [2.05, 4.69) is 51.3 Å². The van der Waals surface area contributed by atoms with Gasteiger partial charge >= 0.3 is 6.09 Å². The van der Waals surface area contributed by atoms with Crippen molar-refractivity contribution >= 4 is 6.09 Å². The molecule has 0 aromatic heterocycles. The van der Waals surface area contributed by atoms with Crippen molar-refractivity contribution in [2.75, 3.05) is 13.1 Å². The lowest BCUT2D eigenvalue weighted by Crippen LogP contribution is -2.57. The summed E-state index contributed by atoms with van der Waals surface area (Å²) < 4.78 is 6.22. The molecule has 10 N–H and O–H groups in total. The molecule has 9 nitrogen and oxygen atoms in total. The summed E-state index contributed by atoms with van der Waals surface area (Å²) in [6.07, 6.45) is 16.0. The highest BCUT2D eigenvalue weighted by molar-refractivity contribution is 5.68. The van der Waals surface area contributed by atoms with Gasteiger partial charge in [0.25, 0.3) is 0 Å². The van der Waals surface area contributed by atoms with Crippen LogP contribution in [0.25, 0.3) is 0 Å². The Morgan fingerprint density at radius 3 is 2.40 bits per heavy atom. The molecule has 9 atom stereocenters. The number of unbranched alkanes of at least 4 members (excludes halogenated alkanes) is 1. The van der Waals surface area contributed by atoms with Crippen LogP contribution in [-0.4, -0.2) is 48.9 Å². The highest BCUT2D eigenvalue weighted by Crippen LogP contribution is 2.67. The number of hydrogen-bond acceptors (Lipinski definition) is 8. The van der Waals surface area contributed by atoms with Crippen molar-refractivity contribution in [1.29, 1.82) is 0 Å². The van der Waals surface area contributed by atoms with Gasteiger partial charge in [-0.3, -0.25) is 15.5 Å². The van der Waals surface area contributed by atoms with Crippen LogP contribution in [-0.2, 0) is 4.74 Å². The molecule has 4 rings (SSSR count). The molecule has 0 radical (unpaired) electrons. The molecule has 45 heavy (non-hydrogen) atoms. The predicted octanol–water partition coefficient (Wildman–Crippen LogP) is 5.54. The molecule has 260 valence electrons. The van der Waals surface area contributed by atoms with E-state index < -0.39 is 12.6 Å². The lowest BCUT2D eigenvalue weighted by atomic mass is 9.47. The highest BCUT2D eigenvalue weighted by Gasteiger charge is 2.59. The van der Waals surface area contributed by atoms with Gasteiger partial charge in [0, 0.05) is 13.0 Å². The summed E-state index contributed by atoms with van der Waals surface area (Å²) in [4.78, 5) is 15.2. The summed E-state index contributed by atoms with van der Waals surface area (Å²) in [5, 5.41) is 6.08. The van der Waals surface area contributed by atoms with Crippen LogP contribution >= 0.6 is 0 Å². The number of nitrogens with one attached hydrogen (secondary N) is 2. The maximum Gasteiger partial charge on any atom is 0.411 e. The first-order valence-corrected chi connectivity index (χ1v) is 18.4. The molecule has 3 saturated carbocycles. The van der Waals surface area contributed by atoms with Gasteiger partial charge in [-0.1, -0.05) is 65.5 Å². The summed E-state index contributed by atoms with van der Waals surface area (Å²) in [6, 6.07) is 0. The number of ether oxygens (including phenoxy) is 1. The topological polar surface area (TPSA) is 158 Å². The summed E-state index contributed by atoms with van der Waals surface area (Å²) in [7, 11) is 0. The molecule has 4 aliphatic rings. The molecule has 1 amide bonds. The van der Waals surface area contributed by atoms with Crippen LogP contribution < -0.4 is 33.6 Å². The number of hydrogen-bond donors (Lipinski definition) is 6. The van der Waals surface area contributed by atoms with Crippen molar-refractivity contribution in [3.8, 4) is 0 Å². The van der Waals surface area contributed by atoms with E-state index in [0.717, 1.165) is 67.6 Å². The van der Waals surface area contributed by atoms with E-state index in [1.165, 1.54) is 51.4 Å². The van der Waals surface area contributed by atoms with E-state index in [1.807, 2.05) is 6.92 Å². The maximum absolute atomic E-state index is 13.5. The molecular weight excluding hydrogens is 562 g/mol. The molecule has 0 aliphatic heterocycles. The molecular formula is C36H69N7O2. The Hall–Kier alpha value is -1.23. The van der Waals surface area contributed by atoms with Crippen LogP contribution in [0.2, 0.25) is 0 Å². The quantitative estimate of drug-likeness (QED) is 0.0781. The average Bonchev–Trinajstić information content (AvgIpc) is 3.31. The number of rotatable bonds is 15. The number of allylic oxidation sites excluding steroid dienone is 1. The van der Waals surface area contributed by atoms with Gasteiger partial charge in [-0.05, 0) is 118 Å². The first kappa shape index (κ1) is 36.6. The van der Waals surface area contributed by atoms with E-state index >= 15 is 0 Å². The van der Waals surface area contributed by atoms with Crippen LogP contribution in [0, 0.1) is 46.3 Å². The zero-order chi connectivity index (χ0) is 32.9. The molecule has 0 saturated heterocycles. The Morgan fingerprint density at radius 1 is 0.956 bits per heavy atom. The third-order valence-corrected chi connectivity index (χ3v) is 12.9. The van der Waals surface area contributed by atoms with Crippen molar-refractivity contribution in [2.45, 2.75) is 150 Å². The first-order valence-electron chi connectivity index (χ1n) is 18.4. The minimum atomic E-state index is -0.719. The molecule has 3 fully saturated rings. The van der Waals surface area contributed by atoms with Crippen molar-refractivity contribution in [3.63, 3.8) is 0 Å². The van der Waals surface area contributed by atoms with Crippen molar-refractivity contribution < 1.29 is 9.53 Å². The van der Waals surface area contributed by atoms with E-state index in [4.69, 9.17) is 27.7 Å². The number of nitrogens with zero attached hydrogens (tertiary/aromatic N) is 1. The van der Waals surface area contributed by atoms with E-state index in [0.29, 0.717) is 18.5 Å². The summed E-state index contributed by atoms with van der Waals surface area (Å²) in [5.41, 5.74) is 25.0. The molecule has 0 aromatic carbocycles. The van der Waals surface area contributed by atoms with Gasteiger partial charge in [0.15, 0.2) is 0 Å². The normalized spacial score (nSPS) is 34.2. The fourth-order valence-corrected chi connectivity index (χ4v) is 10.5. The third kappa shape index (κ3) is 8.63. The molecule has 9 heteroatoms. The van der Waals surface area contributed by atoms with Crippen LogP contribution in [0.1, 0.15) is 125 Å². The Labute approximate surface area is 274 Å². The van der Waals surface area contributed by atoms with E-state index in [-0.39, 0.29) is 23.8 Å². The maximum atomic E-state index is 13.5. The molecule has 0 spiro atoms. The summed E-state index contributed by atoms with van der Waals surface area (Å²) in [6.45, 7) is 15.6. The number of fused-ring (bicyclic) bond motifs is 5. The zero-order valence-corrected chi connectivity index (χ0v) is 29.5. The van der Waals surface area contributed by atoms with E-state index in [1.54, 1.807) is 10.5 Å². The molecule has 0 heterocycles. The Balaban J connectivity index is 1.37. The van der Waals surface area contributed by atoms with E-state index in [9.17, 15) is 4.79 Å². The summed E-state index contributed by atoms with van der Waals surface area (Å²) in [5.74, 6) is 4.94. The van der Waals surface area contributed by atoms with Crippen LogP contribution in [0.5, 0.6) is 0 Å². The standard InChI is InChI=1S/C36H69N7O2/c1-23(2)10-9-11-24(3)29-14-15-30-28-13-12-26-22-27(16-18-35(26,5)31(28)17-19-36(29,30)6)45-34(44)43(25(4)42-33(39)40)21-8-7-20-41-32(37)38/h12,23-25,27-33,41-42H,7-11,13-22,37-40H2,1-6H3. The molecule has 4 aliphatic carbocycles. The minimum absolute atomic E-state index is 0.0945. The van der Waals surface area contributed by atoms with Crippen molar-refractivity contribution in [2.24, 2.45) is 69.3 Å². The number of nitrogens with two attached hydrogens (primary N) is 4. The van der Waals surface area contributed by atoms with Gasteiger partial charge < -0.3 is 27.7 Å². The Kier molecular flexibility index (Phi) is 12.8. The fraction of sp³-hybridized carbons (Fsp3) is 0.917. The Morgan fingerprint density at radius 2 is 1.71 bits per heavy atom. The van der Waals surface area contributed by atoms with Gasteiger partial charge in [-0.15, -0.1) is 0 Å². The Bertz CT molecular complexity index is 988. The van der Waals surface area contributed by atoms with Crippen LogP contribution in [0.15, 0.2) is 11.6 Å². The van der Waals surface area contributed by atoms with Gasteiger partial charge in [0.2, 0.25) is 0 Å². The van der Waals surface area contributed by atoms with Crippen LogP contribution in [0.3, 0.4) is 0 Å². The third-order valence-electron chi connectivity index (χ3n) is 12.9. The van der Waals surface area contributed by atoms with Gasteiger partial charge in [0.1, 0.15) is 18.7 Å². The summed E-state index contributed by atoms with van der Waals surface area (Å²) >= 11 is 0. The SMILES string of the molecule is CC(C)CCCC(C)C1CCC2C3CC=C4CC(OC(=O)N(CCCCNC(N)N)C(C)NC(N)N)CCC4(C)C3CCC12C. The fourth-order valence-electron chi connectivity index (χ4n) is 10.5. The second-order valence-corrected chi connectivity index (χ2v) is 16.3. The lowest BCUT2D eigenvalue weighted by Gasteiger charge is -2.58. The van der Waals surface area contributed by atoms with Gasteiger partial charge in [0.05, 0.1) is 6.17 Å².